The minimum Gasteiger partial charge on any atom is -0.494 e. The summed E-state index contributed by atoms with van der Waals surface area (Å²) in [5.74, 6) is 1.09. The highest BCUT2D eigenvalue weighted by atomic mass is 16.5. The second-order valence-electron chi connectivity index (χ2n) is 9.00. The van der Waals surface area contributed by atoms with Crippen LogP contribution >= 0.6 is 0 Å². The lowest BCUT2D eigenvalue weighted by Gasteiger charge is -2.39. The third-order valence-corrected chi connectivity index (χ3v) is 6.48. The normalized spacial score (nSPS) is 19.2. The van der Waals surface area contributed by atoms with E-state index in [1.165, 1.54) is 25.9 Å². The van der Waals surface area contributed by atoms with Gasteiger partial charge < -0.3 is 24.2 Å². The van der Waals surface area contributed by atoms with Gasteiger partial charge in [0.15, 0.2) is 0 Å². The van der Waals surface area contributed by atoms with E-state index in [0.29, 0.717) is 13.2 Å². The summed E-state index contributed by atoms with van der Waals surface area (Å²) in [7, 11) is 5.99. The van der Waals surface area contributed by atoms with Crippen molar-refractivity contribution >= 4 is 5.91 Å². The Morgan fingerprint density at radius 2 is 1.73 bits per heavy atom. The second-order valence-corrected chi connectivity index (χ2v) is 9.00. The first kappa shape index (κ1) is 23.0. The molecule has 0 atom stereocenters. The van der Waals surface area contributed by atoms with Crippen molar-refractivity contribution < 1.29 is 14.3 Å². The molecule has 1 amide bonds. The van der Waals surface area contributed by atoms with Gasteiger partial charge in [-0.15, -0.1) is 0 Å². The Hall–Kier alpha value is -1.63. The van der Waals surface area contributed by atoms with Crippen molar-refractivity contribution in [3.8, 4) is 5.75 Å². The van der Waals surface area contributed by atoms with Crippen LogP contribution in [0.3, 0.4) is 0 Å². The van der Waals surface area contributed by atoms with E-state index in [-0.39, 0.29) is 5.91 Å². The van der Waals surface area contributed by atoms with Crippen molar-refractivity contribution in [3.63, 3.8) is 0 Å². The molecule has 2 saturated heterocycles. The van der Waals surface area contributed by atoms with Gasteiger partial charge in [-0.25, -0.2) is 0 Å². The van der Waals surface area contributed by atoms with Crippen molar-refractivity contribution in [2.24, 2.45) is 0 Å². The van der Waals surface area contributed by atoms with Gasteiger partial charge >= 0.3 is 0 Å². The number of benzene rings is 1. The van der Waals surface area contributed by atoms with E-state index in [1.54, 1.807) is 0 Å². The third-order valence-electron chi connectivity index (χ3n) is 6.48. The molecule has 0 N–H and O–H groups in total. The highest BCUT2D eigenvalue weighted by Gasteiger charge is 2.43. The van der Waals surface area contributed by atoms with E-state index in [1.807, 2.05) is 38.2 Å². The zero-order chi connectivity index (χ0) is 21.4. The molecule has 0 radical (unpaired) electrons. The maximum atomic E-state index is 13.5. The summed E-state index contributed by atoms with van der Waals surface area (Å²) in [6.45, 7) is 7.17. The van der Waals surface area contributed by atoms with E-state index in [2.05, 4.69) is 21.9 Å². The number of rotatable bonds is 10. The lowest BCUT2D eigenvalue weighted by Crippen LogP contribution is -2.49. The van der Waals surface area contributed by atoms with Crippen LogP contribution in [0.1, 0.15) is 37.7 Å². The number of ether oxygens (including phenoxy) is 2. The van der Waals surface area contributed by atoms with Crippen LogP contribution in [0.25, 0.3) is 0 Å². The Kier molecular flexibility index (Phi) is 8.54. The summed E-state index contributed by atoms with van der Waals surface area (Å²) in [4.78, 5) is 20.0. The molecule has 2 heterocycles. The summed E-state index contributed by atoms with van der Waals surface area (Å²) in [5.41, 5.74) is 0.588. The first-order chi connectivity index (χ1) is 14.5. The molecule has 6 heteroatoms. The molecule has 168 valence electrons. The monoisotopic (exact) mass is 417 g/mol. The fraction of sp³-hybridized carbons (Fsp3) is 0.708. The third kappa shape index (κ3) is 5.96. The standard InChI is InChI=1S/C24H39N3O3/c1-25(2)16-17-26(3)23(28)24(11-19-29-20-12-24)21-7-9-22(10-8-21)30-18-6-15-27-13-4-5-14-27/h7-10H,4-6,11-20H2,1-3H3. The van der Waals surface area contributed by atoms with Crippen LogP contribution in [0.15, 0.2) is 24.3 Å². The van der Waals surface area contributed by atoms with Crippen molar-refractivity contribution in [2.75, 3.05) is 73.7 Å². The SMILES string of the molecule is CN(C)CCN(C)C(=O)C1(c2ccc(OCCCN3CCCC3)cc2)CCOCC1. The Bertz CT molecular complexity index is 650. The van der Waals surface area contributed by atoms with E-state index in [0.717, 1.165) is 56.8 Å². The lowest BCUT2D eigenvalue weighted by molar-refractivity contribution is -0.140. The van der Waals surface area contributed by atoms with Gasteiger partial charge in [0.2, 0.25) is 5.91 Å². The Morgan fingerprint density at radius 3 is 2.37 bits per heavy atom. The van der Waals surface area contributed by atoms with Gasteiger partial charge in [0.1, 0.15) is 5.75 Å². The minimum atomic E-state index is -0.492. The lowest BCUT2D eigenvalue weighted by atomic mass is 9.73. The largest absolute Gasteiger partial charge is 0.494 e. The van der Waals surface area contributed by atoms with Gasteiger partial charge in [0.05, 0.1) is 12.0 Å². The first-order valence-electron chi connectivity index (χ1n) is 11.4. The molecule has 0 bridgehead atoms. The van der Waals surface area contributed by atoms with E-state index < -0.39 is 5.41 Å². The number of amides is 1. The number of hydrogen-bond donors (Lipinski definition) is 0. The zero-order valence-corrected chi connectivity index (χ0v) is 19.1. The molecule has 0 aliphatic carbocycles. The number of hydrogen-bond acceptors (Lipinski definition) is 5. The Morgan fingerprint density at radius 1 is 1.07 bits per heavy atom. The second kappa shape index (κ2) is 11.1. The minimum absolute atomic E-state index is 0.201. The van der Waals surface area contributed by atoms with Gasteiger partial charge in [-0.3, -0.25) is 4.79 Å². The average molecular weight is 418 g/mol. The smallest absolute Gasteiger partial charge is 0.233 e. The molecule has 0 spiro atoms. The molecule has 2 fully saturated rings. The maximum Gasteiger partial charge on any atom is 0.233 e. The number of carbonyl (C=O) groups excluding carboxylic acids is 1. The summed E-state index contributed by atoms with van der Waals surface area (Å²) >= 11 is 0. The van der Waals surface area contributed by atoms with Crippen LogP contribution < -0.4 is 4.74 Å². The molecule has 6 nitrogen and oxygen atoms in total. The molecule has 30 heavy (non-hydrogen) atoms. The summed E-state index contributed by atoms with van der Waals surface area (Å²) in [6.07, 6.45) is 5.18. The van der Waals surface area contributed by atoms with Crippen molar-refractivity contribution in [1.29, 1.82) is 0 Å². The predicted molar refractivity (Wildman–Crippen MR) is 120 cm³/mol. The van der Waals surface area contributed by atoms with Crippen LogP contribution in [0.5, 0.6) is 5.75 Å². The molecule has 2 aliphatic heterocycles. The number of carbonyl (C=O) groups is 1. The molecule has 0 unspecified atom stereocenters. The van der Waals surface area contributed by atoms with Crippen LogP contribution in [0, 0.1) is 0 Å². The molecule has 3 rings (SSSR count). The van der Waals surface area contributed by atoms with Gasteiger partial charge in [-0.2, -0.15) is 0 Å². The maximum absolute atomic E-state index is 13.5. The van der Waals surface area contributed by atoms with Gasteiger partial charge in [-0.05, 0) is 77.0 Å². The van der Waals surface area contributed by atoms with Crippen molar-refractivity contribution in [3.05, 3.63) is 29.8 Å². The quantitative estimate of drug-likeness (QED) is 0.548. The zero-order valence-electron chi connectivity index (χ0n) is 19.1. The highest BCUT2D eigenvalue weighted by Crippen LogP contribution is 2.37. The summed E-state index contributed by atoms with van der Waals surface area (Å²) in [5, 5.41) is 0. The van der Waals surface area contributed by atoms with Crippen molar-refractivity contribution in [2.45, 2.75) is 37.5 Å². The van der Waals surface area contributed by atoms with Crippen molar-refractivity contribution in [1.82, 2.24) is 14.7 Å². The summed E-state index contributed by atoms with van der Waals surface area (Å²) in [6, 6.07) is 8.21. The van der Waals surface area contributed by atoms with Crippen LogP contribution in [0.2, 0.25) is 0 Å². The van der Waals surface area contributed by atoms with E-state index >= 15 is 0 Å². The highest BCUT2D eigenvalue weighted by molar-refractivity contribution is 5.88. The first-order valence-corrected chi connectivity index (χ1v) is 11.4. The molecule has 2 aliphatic rings. The van der Waals surface area contributed by atoms with Crippen LogP contribution in [-0.4, -0.2) is 94.3 Å². The summed E-state index contributed by atoms with van der Waals surface area (Å²) < 4.78 is 11.6. The fourth-order valence-corrected chi connectivity index (χ4v) is 4.52. The van der Waals surface area contributed by atoms with E-state index in [9.17, 15) is 4.79 Å². The molecule has 1 aromatic carbocycles. The topological polar surface area (TPSA) is 45.2 Å². The van der Waals surface area contributed by atoms with Crippen LogP contribution in [-0.2, 0) is 14.9 Å². The molecule has 1 aromatic rings. The number of likely N-dealkylation sites (N-methyl/N-ethyl adjacent to an activating group) is 2. The van der Waals surface area contributed by atoms with Gasteiger partial charge in [0.25, 0.3) is 0 Å². The molecule has 0 aromatic heterocycles. The average Bonchev–Trinajstić information content (AvgIpc) is 3.29. The molecular weight excluding hydrogens is 378 g/mol. The Labute approximate surface area is 182 Å². The number of likely N-dealkylation sites (tertiary alicyclic amines) is 1. The molecular formula is C24H39N3O3. The number of nitrogens with zero attached hydrogens (tertiary/aromatic N) is 3. The fourth-order valence-electron chi connectivity index (χ4n) is 4.52. The van der Waals surface area contributed by atoms with Crippen LogP contribution in [0.4, 0.5) is 0 Å². The van der Waals surface area contributed by atoms with Gasteiger partial charge in [0, 0.05) is 39.9 Å². The van der Waals surface area contributed by atoms with Gasteiger partial charge in [-0.1, -0.05) is 12.1 Å². The Balaban J connectivity index is 1.60. The van der Waals surface area contributed by atoms with E-state index in [4.69, 9.17) is 9.47 Å². The predicted octanol–water partition coefficient (Wildman–Crippen LogP) is 2.62. The molecule has 0 saturated carbocycles.